The zero-order valence-corrected chi connectivity index (χ0v) is 14.9. The summed E-state index contributed by atoms with van der Waals surface area (Å²) in [6, 6.07) is 1.44. The molecule has 3 rings (SSSR count). The Morgan fingerprint density at radius 2 is 2.08 bits per heavy atom. The average molecular weight is 364 g/mol. The van der Waals surface area contributed by atoms with E-state index in [0.29, 0.717) is 17.2 Å². The smallest absolute Gasteiger partial charge is 0.321 e. The highest BCUT2D eigenvalue weighted by Gasteiger charge is 2.23. The van der Waals surface area contributed by atoms with Gasteiger partial charge < -0.3 is 14.2 Å². The Balaban J connectivity index is 1.52. The number of amides is 3. The number of aromatic nitrogens is 2. The Morgan fingerprint density at radius 1 is 1.32 bits per heavy atom. The van der Waals surface area contributed by atoms with Gasteiger partial charge in [-0.25, -0.2) is 4.79 Å². The molecule has 134 valence electrons. The van der Waals surface area contributed by atoms with E-state index in [1.165, 1.54) is 0 Å². The largest absolute Gasteiger partial charge is 0.469 e. The van der Waals surface area contributed by atoms with Crippen molar-refractivity contribution in [1.82, 2.24) is 20.8 Å². The van der Waals surface area contributed by atoms with Gasteiger partial charge >= 0.3 is 6.03 Å². The first kappa shape index (κ1) is 17.5. The van der Waals surface area contributed by atoms with Crippen molar-refractivity contribution < 1.29 is 18.4 Å². The van der Waals surface area contributed by atoms with Gasteiger partial charge in [0.05, 0.1) is 17.1 Å². The molecule has 25 heavy (non-hydrogen) atoms. The topological polar surface area (TPSA) is 110 Å². The molecule has 8 nitrogen and oxygen atoms in total. The number of furan rings is 1. The Labute approximate surface area is 149 Å². The lowest BCUT2D eigenvalue weighted by atomic mass is 10.2. The van der Waals surface area contributed by atoms with Crippen molar-refractivity contribution in [3.05, 3.63) is 18.1 Å². The summed E-state index contributed by atoms with van der Waals surface area (Å²) in [6.45, 7) is 3.47. The van der Waals surface area contributed by atoms with Crippen LogP contribution in [0.5, 0.6) is 0 Å². The molecule has 2 heterocycles. The van der Waals surface area contributed by atoms with Crippen molar-refractivity contribution in [2.75, 3.05) is 0 Å². The number of hydrogen-bond donors (Lipinski definition) is 2. The lowest BCUT2D eigenvalue weighted by Crippen LogP contribution is -2.45. The van der Waals surface area contributed by atoms with E-state index in [0.717, 1.165) is 37.4 Å². The number of nitrogens with zero attached hydrogens (tertiary/aromatic N) is 2. The molecule has 0 spiro atoms. The van der Waals surface area contributed by atoms with Gasteiger partial charge in [0, 0.05) is 6.04 Å². The molecule has 9 heteroatoms. The molecule has 0 unspecified atom stereocenters. The molecule has 0 aliphatic heterocycles. The summed E-state index contributed by atoms with van der Waals surface area (Å²) in [4.78, 5) is 24.0. The maximum Gasteiger partial charge on any atom is 0.321 e. The third kappa shape index (κ3) is 4.41. The van der Waals surface area contributed by atoms with Crippen molar-refractivity contribution in [1.29, 1.82) is 0 Å². The standard InChI is InChI=1S/C16H20N4O4S/c1-9-12(7-8-23-9)14-19-20-16(24-14)25-10(2)13(21)18-15(22)17-11-5-3-4-6-11/h7-8,10-11H,3-6H2,1-2H3,(H2,17,18,21,22)/t10-/m1/s1. The highest BCUT2D eigenvalue weighted by molar-refractivity contribution is 8.00. The molecule has 0 aromatic carbocycles. The third-order valence-electron chi connectivity index (χ3n) is 4.07. The summed E-state index contributed by atoms with van der Waals surface area (Å²) < 4.78 is 10.7. The molecule has 1 atom stereocenters. The number of aryl methyl sites for hydroxylation is 1. The van der Waals surface area contributed by atoms with Gasteiger partial charge in [0.2, 0.25) is 5.91 Å². The van der Waals surface area contributed by atoms with Gasteiger partial charge in [-0.2, -0.15) is 0 Å². The van der Waals surface area contributed by atoms with Crippen LogP contribution in [-0.4, -0.2) is 33.4 Å². The molecule has 0 saturated heterocycles. The first-order valence-corrected chi connectivity index (χ1v) is 9.07. The predicted octanol–water partition coefficient (Wildman–Crippen LogP) is 2.89. The summed E-state index contributed by atoms with van der Waals surface area (Å²) in [5.41, 5.74) is 0.715. The van der Waals surface area contributed by atoms with Crippen LogP contribution >= 0.6 is 11.8 Å². The molecular formula is C16H20N4O4S. The number of urea groups is 1. The summed E-state index contributed by atoms with van der Waals surface area (Å²) in [5.74, 6) is 0.606. The van der Waals surface area contributed by atoms with Crippen molar-refractivity contribution in [2.24, 2.45) is 0 Å². The molecule has 0 radical (unpaired) electrons. The maximum absolute atomic E-state index is 12.1. The summed E-state index contributed by atoms with van der Waals surface area (Å²) in [6.07, 6.45) is 5.69. The molecule has 2 N–H and O–H groups in total. The number of hydrogen-bond acceptors (Lipinski definition) is 7. The number of imide groups is 1. The maximum atomic E-state index is 12.1. The lowest BCUT2D eigenvalue weighted by Gasteiger charge is -2.13. The number of carbonyl (C=O) groups is 2. The van der Waals surface area contributed by atoms with Crippen LogP contribution in [0.4, 0.5) is 4.79 Å². The molecule has 2 aromatic rings. The second-order valence-electron chi connectivity index (χ2n) is 5.97. The Morgan fingerprint density at radius 3 is 2.76 bits per heavy atom. The zero-order valence-electron chi connectivity index (χ0n) is 14.1. The third-order valence-corrected chi connectivity index (χ3v) is 5.00. The van der Waals surface area contributed by atoms with E-state index in [1.54, 1.807) is 26.2 Å². The van der Waals surface area contributed by atoms with Crippen LogP contribution in [0.15, 0.2) is 26.4 Å². The van der Waals surface area contributed by atoms with E-state index in [-0.39, 0.29) is 11.3 Å². The number of thioether (sulfide) groups is 1. The minimum absolute atomic E-state index is 0.160. The average Bonchev–Trinajstić information content (AvgIpc) is 3.29. The van der Waals surface area contributed by atoms with Gasteiger partial charge in [0.25, 0.3) is 11.1 Å². The molecule has 1 saturated carbocycles. The van der Waals surface area contributed by atoms with Gasteiger partial charge in [-0.1, -0.05) is 24.6 Å². The van der Waals surface area contributed by atoms with Gasteiger partial charge in [-0.05, 0) is 32.8 Å². The molecule has 1 aliphatic carbocycles. The van der Waals surface area contributed by atoms with Crippen LogP contribution in [0, 0.1) is 6.92 Å². The Bertz CT molecular complexity index is 751. The lowest BCUT2D eigenvalue weighted by molar-refractivity contribution is -0.119. The monoisotopic (exact) mass is 364 g/mol. The summed E-state index contributed by atoms with van der Waals surface area (Å²) in [7, 11) is 0. The highest BCUT2D eigenvalue weighted by atomic mass is 32.2. The van der Waals surface area contributed by atoms with E-state index in [2.05, 4.69) is 20.8 Å². The van der Waals surface area contributed by atoms with E-state index in [4.69, 9.17) is 8.83 Å². The summed E-state index contributed by atoms with van der Waals surface area (Å²) >= 11 is 1.10. The summed E-state index contributed by atoms with van der Waals surface area (Å²) in [5, 5.41) is 12.8. The second-order valence-corrected chi connectivity index (χ2v) is 7.26. The quantitative estimate of drug-likeness (QED) is 0.785. The van der Waals surface area contributed by atoms with E-state index in [9.17, 15) is 9.59 Å². The molecular weight excluding hydrogens is 344 g/mol. The molecule has 1 fully saturated rings. The van der Waals surface area contributed by atoms with Crippen molar-refractivity contribution >= 4 is 23.7 Å². The van der Waals surface area contributed by atoms with Gasteiger partial charge in [-0.3, -0.25) is 10.1 Å². The fourth-order valence-corrected chi connectivity index (χ4v) is 3.37. The molecule has 0 bridgehead atoms. The van der Waals surface area contributed by atoms with Crippen LogP contribution in [0.25, 0.3) is 11.5 Å². The highest BCUT2D eigenvalue weighted by Crippen LogP contribution is 2.28. The minimum Gasteiger partial charge on any atom is -0.469 e. The Hall–Kier alpha value is -2.29. The number of carbonyl (C=O) groups excluding carboxylic acids is 2. The zero-order chi connectivity index (χ0) is 17.8. The van der Waals surface area contributed by atoms with Gasteiger partial charge in [0.15, 0.2) is 0 Å². The minimum atomic E-state index is -0.548. The molecule has 2 aromatic heterocycles. The van der Waals surface area contributed by atoms with Crippen LogP contribution in [0.1, 0.15) is 38.4 Å². The van der Waals surface area contributed by atoms with Gasteiger partial charge in [0.1, 0.15) is 5.76 Å². The van der Waals surface area contributed by atoms with Gasteiger partial charge in [-0.15, -0.1) is 10.2 Å². The van der Waals surface area contributed by atoms with E-state index < -0.39 is 17.2 Å². The van der Waals surface area contributed by atoms with Crippen molar-refractivity contribution in [3.8, 4) is 11.5 Å². The van der Waals surface area contributed by atoms with E-state index in [1.807, 2.05) is 0 Å². The predicted molar refractivity (Wildman–Crippen MR) is 91.0 cm³/mol. The van der Waals surface area contributed by atoms with E-state index >= 15 is 0 Å². The van der Waals surface area contributed by atoms with Crippen molar-refractivity contribution in [2.45, 2.75) is 56.0 Å². The van der Waals surface area contributed by atoms with Crippen molar-refractivity contribution in [3.63, 3.8) is 0 Å². The fourth-order valence-electron chi connectivity index (χ4n) is 2.68. The van der Waals surface area contributed by atoms with Crippen LogP contribution < -0.4 is 10.6 Å². The number of nitrogens with one attached hydrogen (secondary N) is 2. The SMILES string of the molecule is Cc1occc1-c1nnc(S[C@H](C)C(=O)NC(=O)NC2CCCC2)o1. The first-order chi connectivity index (χ1) is 12.0. The first-order valence-electron chi connectivity index (χ1n) is 8.19. The van der Waals surface area contributed by atoms with Crippen LogP contribution in [0.3, 0.4) is 0 Å². The molecule has 3 amide bonds. The normalized spacial score (nSPS) is 15.9. The second kappa shape index (κ2) is 7.73. The fraction of sp³-hybridized carbons (Fsp3) is 0.500. The molecule has 1 aliphatic rings. The number of rotatable bonds is 5. The Kier molecular flexibility index (Phi) is 5.42. The van der Waals surface area contributed by atoms with Crippen LogP contribution in [0.2, 0.25) is 0 Å². The van der Waals surface area contributed by atoms with Crippen LogP contribution in [-0.2, 0) is 4.79 Å².